The Bertz CT molecular complexity index is 605. The maximum Gasteiger partial charge on any atom is 0.171 e. The van der Waals surface area contributed by atoms with Crippen LogP contribution in [0.25, 0.3) is 0 Å². The molecule has 1 aliphatic heterocycles. The minimum atomic E-state index is -3.28. The Morgan fingerprint density at radius 1 is 1.52 bits per heavy atom. The van der Waals surface area contributed by atoms with Crippen molar-refractivity contribution in [1.29, 1.82) is 0 Å². The van der Waals surface area contributed by atoms with Crippen molar-refractivity contribution in [3.05, 3.63) is 29.6 Å². The quantitative estimate of drug-likeness (QED) is 0.915. The number of nitrogens with two attached hydrogens (primary N) is 1. The highest BCUT2D eigenvalue weighted by Gasteiger charge is 2.35. The molecule has 118 valence electrons. The number of halogens is 1. The lowest BCUT2D eigenvalue weighted by Crippen LogP contribution is -2.48. The zero-order valence-corrected chi connectivity index (χ0v) is 13.9. The van der Waals surface area contributed by atoms with Crippen molar-refractivity contribution in [2.75, 3.05) is 28.7 Å². The van der Waals surface area contributed by atoms with Gasteiger partial charge in [-0.15, -0.1) is 0 Å². The van der Waals surface area contributed by atoms with Crippen molar-refractivity contribution in [3.63, 3.8) is 0 Å². The Balaban J connectivity index is 2.53. The second kappa shape index (κ2) is 6.54. The fourth-order valence-corrected chi connectivity index (χ4v) is 5.50. The second-order valence-electron chi connectivity index (χ2n) is 5.14. The molecule has 2 N–H and O–H groups in total. The summed E-state index contributed by atoms with van der Waals surface area (Å²) in [7, 11) is -3.28. The number of para-hydroxylation sites is 1. The number of rotatable bonds is 4. The van der Waals surface area contributed by atoms with Crippen LogP contribution in [0.2, 0.25) is 0 Å². The first-order chi connectivity index (χ1) is 9.88. The lowest BCUT2D eigenvalue weighted by molar-refractivity contribution is 0.572. The monoisotopic (exact) mass is 332 g/mol. The molecular formula is C14H21FN2O2S2. The van der Waals surface area contributed by atoms with Crippen LogP contribution < -0.4 is 10.6 Å². The molecule has 0 bridgehead atoms. The summed E-state index contributed by atoms with van der Waals surface area (Å²) in [6.07, 6.45) is 0. The Morgan fingerprint density at radius 3 is 2.86 bits per heavy atom. The molecule has 1 saturated heterocycles. The van der Waals surface area contributed by atoms with Gasteiger partial charge >= 0.3 is 0 Å². The zero-order chi connectivity index (χ0) is 15.6. The molecule has 0 radical (unpaired) electrons. The van der Waals surface area contributed by atoms with E-state index in [9.17, 15) is 12.8 Å². The van der Waals surface area contributed by atoms with E-state index < -0.39 is 21.0 Å². The summed E-state index contributed by atoms with van der Waals surface area (Å²) < 4.78 is 39.0. The minimum absolute atomic E-state index is 0.0523. The second-order valence-corrected chi connectivity index (χ2v) is 8.74. The van der Waals surface area contributed by atoms with E-state index in [1.165, 1.54) is 6.07 Å². The Hall–Kier alpha value is -0.790. The standard InChI is InChI=1S/C14H21FN2O2S2/c1-3-21(18,19)13-9-20-8-7-17(13)14-11(10(2)16)5-4-6-12(14)15/h4-6,10,13H,3,7-9,16H2,1-2H3. The van der Waals surface area contributed by atoms with Gasteiger partial charge in [0.15, 0.2) is 9.84 Å². The molecule has 0 saturated carbocycles. The first-order valence-electron chi connectivity index (χ1n) is 6.98. The van der Waals surface area contributed by atoms with E-state index in [1.807, 2.05) is 0 Å². The van der Waals surface area contributed by atoms with Crippen LogP contribution in [0.5, 0.6) is 0 Å². The van der Waals surface area contributed by atoms with Crippen LogP contribution in [0.4, 0.5) is 10.1 Å². The van der Waals surface area contributed by atoms with E-state index >= 15 is 0 Å². The van der Waals surface area contributed by atoms with Crippen LogP contribution in [-0.2, 0) is 9.84 Å². The molecule has 21 heavy (non-hydrogen) atoms. The van der Waals surface area contributed by atoms with Crippen LogP contribution in [0, 0.1) is 5.82 Å². The average molecular weight is 332 g/mol. The highest BCUT2D eigenvalue weighted by Crippen LogP contribution is 2.34. The molecule has 1 aromatic rings. The smallest absolute Gasteiger partial charge is 0.171 e. The maximum atomic E-state index is 14.4. The van der Waals surface area contributed by atoms with Gasteiger partial charge in [-0.3, -0.25) is 0 Å². The minimum Gasteiger partial charge on any atom is -0.351 e. The van der Waals surface area contributed by atoms with Crippen LogP contribution in [0.3, 0.4) is 0 Å². The van der Waals surface area contributed by atoms with Gasteiger partial charge in [0, 0.05) is 29.8 Å². The summed E-state index contributed by atoms with van der Waals surface area (Å²) in [5.41, 5.74) is 6.92. The van der Waals surface area contributed by atoms with Gasteiger partial charge in [0.1, 0.15) is 11.2 Å². The van der Waals surface area contributed by atoms with E-state index in [4.69, 9.17) is 5.73 Å². The third-order valence-corrected chi connectivity index (χ3v) is 6.99. The molecular weight excluding hydrogens is 311 g/mol. The topological polar surface area (TPSA) is 63.4 Å². The molecule has 2 rings (SSSR count). The molecule has 0 aliphatic carbocycles. The molecule has 1 fully saturated rings. The van der Waals surface area contributed by atoms with Crippen LogP contribution in [0.1, 0.15) is 25.5 Å². The van der Waals surface area contributed by atoms with Gasteiger partial charge in [0.2, 0.25) is 0 Å². The predicted octanol–water partition coefficient (Wildman–Crippen LogP) is 2.16. The number of sulfone groups is 1. The molecule has 4 nitrogen and oxygen atoms in total. The third-order valence-electron chi connectivity index (χ3n) is 3.70. The average Bonchev–Trinajstić information content (AvgIpc) is 2.47. The lowest BCUT2D eigenvalue weighted by Gasteiger charge is -2.38. The van der Waals surface area contributed by atoms with Crippen molar-refractivity contribution in [2.24, 2.45) is 5.73 Å². The third kappa shape index (κ3) is 3.35. The molecule has 2 unspecified atom stereocenters. The van der Waals surface area contributed by atoms with Crippen LogP contribution >= 0.6 is 11.8 Å². The molecule has 1 aliphatic rings. The molecule has 7 heteroatoms. The highest BCUT2D eigenvalue weighted by atomic mass is 32.2. The van der Waals surface area contributed by atoms with Crippen LogP contribution in [0.15, 0.2) is 18.2 Å². The number of anilines is 1. The zero-order valence-electron chi connectivity index (χ0n) is 12.3. The summed E-state index contributed by atoms with van der Waals surface area (Å²) in [6.45, 7) is 3.91. The predicted molar refractivity (Wildman–Crippen MR) is 86.9 cm³/mol. The van der Waals surface area contributed by atoms with Gasteiger partial charge < -0.3 is 10.6 Å². The van der Waals surface area contributed by atoms with Crippen LogP contribution in [-0.4, -0.2) is 37.6 Å². The summed E-state index contributed by atoms with van der Waals surface area (Å²) in [6, 6.07) is 4.38. The number of nitrogens with zero attached hydrogens (tertiary/aromatic N) is 1. The fourth-order valence-electron chi connectivity index (χ4n) is 2.53. The summed E-state index contributed by atoms with van der Waals surface area (Å²) in [5, 5.41) is -0.685. The SMILES string of the molecule is CCS(=O)(=O)C1CSCCN1c1c(F)cccc1C(C)N. The summed E-state index contributed by atoms with van der Waals surface area (Å²) >= 11 is 1.59. The van der Waals surface area contributed by atoms with Crippen molar-refractivity contribution in [3.8, 4) is 0 Å². The number of hydrogen-bond donors (Lipinski definition) is 1. The fraction of sp³-hybridized carbons (Fsp3) is 0.571. The molecule has 0 spiro atoms. The first kappa shape index (κ1) is 16.6. The largest absolute Gasteiger partial charge is 0.351 e. The maximum absolute atomic E-state index is 14.4. The van der Waals surface area contributed by atoms with E-state index in [-0.39, 0.29) is 11.8 Å². The normalized spacial score (nSPS) is 21.3. The van der Waals surface area contributed by atoms with Gasteiger partial charge in [-0.05, 0) is 18.6 Å². The van der Waals surface area contributed by atoms with Gasteiger partial charge in [-0.25, -0.2) is 12.8 Å². The van der Waals surface area contributed by atoms with Crippen molar-refractivity contribution < 1.29 is 12.8 Å². The molecule has 1 aromatic carbocycles. The van der Waals surface area contributed by atoms with Crippen molar-refractivity contribution >= 4 is 27.3 Å². The van der Waals surface area contributed by atoms with Gasteiger partial charge in [-0.1, -0.05) is 19.1 Å². The molecule has 1 heterocycles. The lowest BCUT2D eigenvalue weighted by atomic mass is 10.1. The number of hydrogen-bond acceptors (Lipinski definition) is 5. The van der Waals surface area contributed by atoms with Gasteiger partial charge in [0.25, 0.3) is 0 Å². The Kier molecular flexibility index (Phi) is 5.16. The Morgan fingerprint density at radius 2 is 2.24 bits per heavy atom. The number of benzene rings is 1. The summed E-state index contributed by atoms with van der Waals surface area (Å²) in [5.74, 6) is 0.884. The van der Waals surface area contributed by atoms with E-state index in [1.54, 1.807) is 42.6 Å². The molecule has 2 atom stereocenters. The van der Waals surface area contributed by atoms with Gasteiger partial charge in [-0.2, -0.15) is 11.8 Å². The number of thioether (sulfide) groups is 1. The Labute approximate surface area is 129 Å². The first-order valence-corrected chi connectivity index (χ1v) is 9.85. The van der Waals surface area contributed by atoms with Gasteiger partial charge in [0.05, 0.1) is 5.69 Å². The van der Waals surface area contributed by atoms with E-state index in [0.29, 0.717) is 23.5 Å². The molecule has 0 aromatic heterocycles. The summed E-state index contributed by atoms with van der Waals surface area (Å²) in [4.78, 5) is 1.68. The van der Waals surface area contributed by atoms with Crippen molar-refractivity contribution in [1.82, 2.24) is 0 Å². The van der Waals surface area contributed by atoms with Crippen molar-refractivity contribution in [2.45, 2.75) is 25.3 Å². The molecule has 0 amide bonds. The highest BCUT2D eigenvalue weighted by molar-refractivity contribution is 8.01. The van der Waals surface area contributed by atoms with E-state index in [0.717, 1.165) is 5.75 Å². The van der Waals surface area contributed by atoms with E-state index in [2.05, 4.69) is 0 Å².